The Hall–Kier alpha value is -2.72. The molecule has 3 heterocycles. The van der Waals surface area contributed by atoms with Crippen LogP contribution in [0.25, 0.3) is 0 Å². The number of nitrogens with zero attached hydrogens (tertiary/aromatic N) is 3. The van der Waals surface area contributed by atoms with Crippen molar-refractivity contribution in [1.82, 2.24) is 13.9 Å². The van der Waals surface area contributed by atoms with Crippen LogP contribution < -0.4 is 4.74 Å². The van der Waals surface area contributed by atoms with E-state index in [1.165, 1.54) is 10.5 Å². The summed E-state index contributed by atoms with van der Waals surface area (Å²) in [4.78, 5) is 28.9. The van der Waals surface area contributed by atoms with Crippen molar-refractivity contribution in [2.24, 2.45) is 13.0 Å². The minimum Gasteiger partial charge on any atom is -0.493 e. The lowest BCUT2D eigenvalue weighted by atomic mass is 9.98. The van der Waals surface area contributed by atoms with E-state index in [0.717, 1.165) is 17.7 Å². The third kappa shape index (κ3) is 4.35. The van der Waals surface area contributed by atoms with Crippen LogP contribution in [0.4, 0.5) is 0 Å². The summed E-state index contributed by atoms with van der Waals surface area (Å²) in [5.41, 5.74) is 1.47. The first-order chi connectivity index (χ1) is 14.8. The van der Waals surface area contributed by atoms with Crippen LogP contribution in [0, 0.1) is 12.8 Å². The van der Waals surface area contributed by atoms with Gasteiger partial charge in [0.15, 0.2) is 17.4 Å². The number of aromatic nitrogens is 2. The van der Waals surface area contributed by atoms with E-state index in [1.807, 2.05) is 0 Å². The normalized spacial score (nSPS) is 17.2. The smallest absolute Gasteiger partial charge is 0.309 e. The van der Waals surface area contributed by atoms with Crippen molar-refractivity contribution in [2.45, 2.75) is 31.2 Å². The van der Waals surface area contributed by atoms with E-state index >= 15 is 0 Å². The van der Waals surface area contributed by atoms with Crippen molar-refractivity contribution < 1.29 is 27.5 Å². The highest BCUT2D eigenvalue weighted by Gasteiger charge is 2.34. The van der Waals surface area contributed by atoms with Gasteiger partial charge in [0.25, 0.3) is 10.0 Å². The van der Waals surface area contributed by atoms with Crippen molar-refractivity contribution in [2.75, 3.05) is 26.3 Å². The number of sulfonamides is 1. The number of benzene rings is 1. The van der Waals surface area contributed by atoms with Crippen LogP contribution in [0.2, 0.25) is 0 Å². The predicted octanol–water partition coefficient (Wildman–Crippen LogP) is 1.49. The number of hydrogen-bond donors (Lipinski definition) is 0. The fourth-order valence-electron chi connectivity index (χ4n) is 3.81. The average Bonchev–Trinajstić information content (AvgIpc) is 3.37. The van der Waals surface area contributed by atoms with Gasteiger partial charge in [0.05, 0.1) is 12.5 Å². The summed E-state index contributed by atoms with van der Waals surface area (Å²) in [6, 6.07) is 5.21. The lowest BCUT2D eigenvalue weighted by molar-refractivity contribution is -0.148. The van der Waals surface area contributed by atoms with Crippen LogP contribution in [-0.4, -0.2) is 60.3 Å². The number of hydrogen-bond acceptors (Lipinski definition) is 7. The van der Waals surface area contributed by atoms with Gasteiger partial charge in [-0.05, 0) is 43.5 Å². The molecule has 4 rings (SSSR count). The van der Waals surface area contributed by atoms with E-state index in [2.05, 4.69) is 4.98 Å². The molecule has 9 nitrogen and oxygen atoms in total. The molecule has 0 bridgehead atoms. The highest BCUT2D eigenvalue weighted by atomic mass is 32.2. The number of ketones is 1. The maximum atomic E-state index is 12.8. The van der Waals surface area contributed by atoms with Gasteiger partial charge in [-0.3, -0.25) is 9.59 Å². The van der Waals surface area contributed by atoms with Gasteiger partial charge in [-0.15, -0.1) is 0 Å². The van der Waals surface area contributed by atoms with Crippen molar-refractivity contribution in [3.05, 3.63) is 41.3 Å². The van der Waals surface area contributed by atoms with Crippen LogP contribution in [0.1, 0.15) is 34.6 Å². The predicted molar refractivity (Wildman–Crippen MR) is 110 cm³/mol. The Kier molecular flexibility index (Phi) is 5.85. The second kappa shape index (κ2) is 8.43. The fraction of sp³-hybridized carbons (Fsp3) is 0.476. The van der Waals surface area contributed by atoms with Gasteiger partial charge in [-0.1, -0.05) is 0 Å². The number of Topliss-reactive ketones (excluding diaryl/α,β-unsaturated/α-hetero) is 1. The third-order valence-electron chi connectivity index (χ3n) is 5.83. The summed E-state index contributed by atoms with van der Waals surface area (Å²) in [6.45, 7) is 2.42. The number of rotatable bonds is 6. The second-order valence-corrected chi connectivity index (χ2v) is 9.75. The Labute approximate surface area is 181 Å². The number of aryl methyl sites for hydroxylation is 2. The van der Waals surface area contributed by atoms with Crippen LogP contribution in [0.5, 0.6) is 5.75 Å². The summed E-state index contributed by atoms with van der Waals surface area (Å²) in [5, 5.41) is 0.0128. The van der Waals surface area contributed by atoms with Crippen LogP contribution in [0.3, 0.4) is 0 Å². The molecular formula is C21H25N3O6S. The molecule has 31 heavy (non-hydrogen) atoms. The molecule has 0 amide bonds. The number of fused-ring (bicyclic) bond motifs is 1. The first kappa shape index (κ1) is 21.5. The molecule has 1 aromatic heterocycles. The van der Waals surface area contributed by atoms with Gasteiger partial charge < -0.3 is 14.0 Å². The highest BCUT2D eigenvalue weighted by molar-refractivity contribution is 7.89. The molecule has 10 heteroatoms. The molecule has 166 valence electrons. The van der Waals surface area contributed by atoms with Gasteiger partial charge in [0.1, 0.15) is 11.6 Å². The van der Waals surface area contributed by atoms with E-state index in [0.29, 0.717) is 30.8 Å². The Bertz CT molecular complexity index is 1100. The van der Waals surface area contributed by atoms with Crippen LogP contribution in [-0.2, 0) is 33.0 Å². The van der Waals surface area contributed by atoms with Gasteiger partial charge in [0, 0.05) is 38.3 Å². The molecule has 2 aromatic rings. The van der Waals surface area contributed by atoms with E-state index in [4.69, 9.17) is 9.47 Å². The Balaban J connectivity index is 1.30. The standard InChI is InChI=1S/C21H25N3O6S/c1-14-22-20(12-23(14)2)31(27,28)24-8-5-15(6-9-24)21(26)30-13-18(25)16-3-4-19-17(11-16)7-10-29-19/h3-4,11-12,15H,5-10,13H2,1-2H3. The number of imidazole rings is 1. The monoisotopic (exact) mass is 447 g/mol. The van der Waals surface area contributed by atoms with E-state index in [-0.39, 0.29) is 30.5 Å². The molecule has 0 unspecified atom stereocenters. The Morgan fingerprint density at radius 2 is 2.00 bits per heavy atom. The van der Waals surface area contributed by atoms with Gasteiger partial charge in [-0.2, -0.15) is 4.31 Å². The van der Waals surface area contributed by atoms with Gasteiger partial charge in [0.2, 0.25) is 0 Å². The minimum absolute atomic E-state index is 0.0128. The van der Waals surface area contributed by atoms with E-state index in [1.54, 1.807) is 36.7 Å². The summed E-state index contributed by atoms with van der Waals surface area (Å²) >= 11 is 0. The lowest BCUT2D eigenvalue weighted by Gasteiger charge is -2.29. The number of carbonyl (C=O) groups excluding carboxylic acids is 2. The summed E-state index contributed by atoms with van der Waals surface area (Å²) < 4.78 is 39.2. The quantitative estimate of drug-likeness (QED) is 0.488. The molecule has 0 N–H and O–H groups in total. The zero-order chi connectivity index (χ0) is 22.2. The molecular weight excluding hydrogens is 422 g/mol. The van der Waals surface area contributed by atoms with E-state index in [9.17, 15) is 18.0 Å². The highest BCUT2D eigenvalue weighted by Crippen LogP contribution is 2.27. The summed E-state index contributed by atoms with van der Waals surface area (Å²) in [7, 11) is -1.96. The van der Waals surface area contributed by atoms with Crippen molar-refractivity contribution >= 4 is 21.8 Å². The van der Waals surface area contributed by atoms with Crippen molar-refractivity contribution in [1.29, 1.82) is 0 Å². The molecule has 0 atom stereocenters. The lowest BCUT2D eigenvalue weighted by Crippen LogP contribution is -2.41. The molecule has 1 aromatic carbocycles. The molecule has 1 saturated heterocycles. The largest absolute Gasteiger partial charge is 0.493 e. The maximum absolute atomic E-state index is 12.8. The van der Waals surface area contributed by atoms with Crippen LogP contribution >= 0.6 is 0 Å². The number of esters is 1. The molecule has 2 aliphatic heterocycles. The second-order valence-electron chi connectivity index (χ2n) is 7.87. The number of carbonyl (C=O) groups is 2. The Morgan fingerprint density at radius 1 is 1.26 bits per heavy atom. The first-order valence-electron chi connectivity index (χ1n) is 10.2. The SMILES string of the molecule is Cc1nc(S(=O)(=O)N2CCC(C(=O)OCC(=O)c3ccc4c(c3)CCO4)CC2)cn1C. The molecule has 2 aliphatic rings. The van der Waals surface area contributed by atoms with Gasteiger partial charge >= 0.3 is 5.97 Å². The Morgan fingerprint density at radius 3 is 2.68 bits per heavy atom. The van der Waals surface area contributed by atoms with Crippen molar-refractivity contribution in [3.8, 4) is 5.75 Å². The number of ether oxygens (including phenoxy) is 2. The zero-order valence-electron chi connectivity index (χ0n) is 17.5. The summed E-state index contributed by atoms with van der Waals surface area (Å²) in [6.07, 6.45) is 2.93. The summed E-state index contributed by atoms with van der Waals surface area (Å²) in [5.74, 6) is 0.226. The molecule has 0 saturated carbocycles. The average molecular weight is 448 g/mol. The number of piperidine rings is 1. The zero-order valence-corrected chi connectivity index (χ0v) is 18.4. The van der Waals surface area contributed by atoms with Crippen LogP contribution in [0.15, 0.2) is 29.4 Å². The third-order valence-corrected chi connectivity index (χ3v) is 7.61. The van der Waals surface area contributed by atoms with Gasteiger partial charge in [-0.25, -0.2) is 13.4 Å². The molecule has 0 spiro atoms. The first-order valence-corrected chi connectivity index (χ1v) is 11.7. The maximum Gasteiger partial charge on any atom is 0.309 e. The van der Waals surface area contributed by atoms with E-state index < -0.39 is 21.9 Å². The minimum atomic E-state index is -3.69. The molecule has 0 radical (unpaired) electrons. The van der Waals surface area contributed by atoms with Crippen molar-refractivity contribution in [3.63, 3.8) is 0 Å². The molecule has 1 fully saturated rings. The molecule has 0 aliphatic carbocycles. The fourth-order valence-corrected chi connectivity index (χ4v) is 5.31. The topological polar surface area (TPSA) is 108 Å².